The maximum absolute atomic E-state index is 13.5. The number of nitrogens with zero attached hydrogens (tertiary/aromatic N) is 5. The summed E-state index contributed by atoms with van der Waals surface area (Å²) in [5.74, 6) is -6.54. The lowest BCUT2D eigenvalue weighted by atomic mass is 10.1. The number of hydrogen-bond donors (Lipinski definition) is 3. The van der Waals surface area contributed by atoms with Crippen LogP contribution in [-0.2, 0) is 55.1 Å². The van der Waals surface area contributed by atoms with Crippen LogP contribution >= 0.6 is 22.9 Å². The number of imide groups is 1. The van der Waals surface area contributed by atoms with E-state index in [0.717, 1.165) is 11.3 Å². The van der Waals surface area contributed by atoms with Gasteiger partial charge in [0.2, 0.25) is 28.6 Å². The minimum absolute atomic E-state index is 0.0597. The molecule has 0 radical (unpaired) electrons. The number of carbonyl (C=O) groups excluding carboxylic acids is 6. The number of carbonyl (C=O) groups is 6. The molecule has 5 amide bonds. The number of alkyl halides is 1. The average molecular weight is 730 g/mol. The fraction of sp³-hybridized carbons (Fsp3) is 0.360. The third kappa shape index (κ3) is 7.73. The van der Waals surface area contributed by atoms with E-state index in [1.54, 1.807) is 0 Å². The average Bonchev–Trinajstić information content (AvgIpc) is 3.61. The molecule has 3 N–H and O–H groups in total. The van der Waals surface area contributed by atoms with Crippen molar-refractivity contribution >= 4 is 85.1 Å². The Morgan fingerprint density at radius 2 is 1.81 bits per heavy atom. The van der Waals surface area contributed by atoms with Crippen LogP contribution in [0.4, 0.5) is 10.8 Å². The minimum atomic E-state index is -5.16. The van der Waals surface area contributed by atoms with Gasteiger partial charge in [0.25, 0.3) is 27.6 Å². The number of benzene rings is 1. The maximum Gasteiger partial charge on any atom is 0.353 e. The van der Waals surface area contributed by atoms with Gasteiger partial charge in [0.1, 0.15) is 18.2 Å². The van der Waals surface area contributed by atoms with E-state index >= 15 is 0 Å². The van der Waals surface area contributed by atoms with Crippen molar-refractivity contribution in [2.45, 2.75) is 50.3 Å². The molecule has 2 aromatic rings. The van der Waals surface area contributed by atoms with Crippen molar-refractivity contribution < 1.29 is 56.2 Å². The zero-order valence-corrected chi connectivity index (χ0v) is 27.0. The van der Waals surface area contributed by atoms with Gasteiger partial charge in [-0.05, 0) is 31.5 Å². The lowest BCUT2D eigenvalue weighted by Gasteiger charge is -2.47. The van der Waals surface area contributed by atoms with Crippen molar-refractivity contribution in [1.82, 2.24) is 20.3 Å². The van der Waals surface area contributed by atoms with Crippen molar-refractivity contribution in [2.75, 3.05) is 11.2 Å². The van der Waals surface area contributed by atoms with Crippen molar-refractivity contribution in [1.29, 1.82) is 0 Å². The number of nitro benzene ring substituents is 1. The molecule has 4 rings (SSSR count). The summed E-state index contributed by atoms with van der Waals surface area (Å²) in [4.78, 5) is 95.7. The largest absolute Gasteiger partial charge is 0.458 e. The highest BCUT2D eigenvalue weighted by Crippen LogP contribution is 2.31. The molecule has 0 spiro atoms. The number of nitrogens with one attached hydrogen (secondary N) is 2. The highest BCUT2D eigenvalue weighted by Gasteiger charge is 2.61. The maximum atomic E-state index is 13.5. The van der Waals surface area contributed by atoms with E-state index in [4.69, 9.17) is 21.2 Å². The number of aromatic nitrogens is 1. The van der Waals surface area contributed by atoms with Gasteiger partial charge >= 0.3 is 5.97 Å². The van der Waals surface area contributed by atoms with Crippen LogP contribution in [0.3, 0.4) is 0 Å². The van der Waals surface area contributed by atoms with Gasteiger partial charge in [0.15, 0.2) is 17.0 Å². The molecule has 2 fully saturated rings. The van der Waals surface area contributed by atoms with Crippen LogP contribution in [0, 0.1) is 10.1 Å². The molecule has 0 aliphatic carbocycles. The number of rotatable bonds is 13. The van der Waals surface area contributed by atoms with Crippen LogP contribution in [0.5, 0.6) is 0 Å². The van der Waals surface area contributed by atoms with Gasteiger partial charge in [-0.1, -0.05) is 5.16 Å². The molecule has 23 heteroatoms. The number of thiazole rings is 1. The smallest absolute Gasteiger partial charge is 0.353 e. The zero-order valence-electron chi connectivity index (χ0n) is 24.6. The SMILES string of the molecule is CC(C)(O/N=C(\C(=O)NN1C(=O)[C@@H](S(=O)(=O)O)[C@H]1N1C(=O)CCC1=O)c1csc(NC(=O)CCl)n1)C(=O)OCc1ccc([N+](=O)[O-])cc1. The molecule has 3 heterocycles. The molecule has 2 atom stereocenters. The van der Waals surface area contributed by atoms with Gasteiger partial charge in [-0.25, -0.2) is 14.8 Å². The molecule has 2 saturated heterocycles. The second kappa shape index (κ2) is 14.0. The molecule has 20 nitrogen and oxygen atoms in total. The summed E-state index contributed by atoms with van der Waals surface area (Å²) in [5.41, 5.74) is -0.695. The second-order valence-electron chi connectivity index (χ2n) is 10.4. The monoisotopic (exact) mass is 729 g/mol. The Labute approximate surface area is 278 Å². The van der Waals surface area contributed by atoms with Crippen LogP contribution in [0.2, 0.25) is 0 Å². The van der Waals surface area contributed by atoms with Crippen molar-refractivity contribution in [2.24, 2.45) is 5.16 Å². The van der Waals surface area contributed by atoms with E-state index in [2.05, 4.69) is 15.5 Å². The summed E-state index contributed by atoms with van der Waals surface area (Å²) in [7, 11) is -5.16. The second-order valence-corrected chi connectivity index (χ2v) is 13.1. The fourth-order valence-corrected chi connectivity index (χ4v) is 5.88. The number of non-ortho nitro benzene ring substituents is 1. The van der Waals surface area contributed by atoms with E-state index < -0.39 is 79.2 Å². The van der Waals surface area contributed by atoms with Crippen molar-refractivity contribution in [3.63, 3.8) is 0 Å². The number of esters is 1. The van der Waals surface area contributed by atoms with E-state index in [-0.39, 0.29) is 36.0 Å². The predicted octanol–water partition coefficient (Wildman–Crippen LogP) is 0.0762. The van der Waals surface area contributed by atoms with E-state index in [9.17, 15) is 51.9 Å². The minimum Gasteiger partial charge on any atom is -0.458 e. The lowest BCUT2D eigenvalue weighted by Crippen LogP contribution is -2.78. The zero-order chi connectivity index (χ0) is 35.6. The first-order valence-electron chi connectivity index (χ1n) is 13.4. The van der Waals surface area contributed by atoms with Gasteiger partial charge < -0.3 is 14.9 Å². The third-order valence-corrected chi connectivity index (χ3v) is 8.70. The Morgan fingerprint density at radius 1 is 1.19 bits per heavy atom. The highest BCUT2D eigenvalue weighted by molar-refractivity contribution is 7.87. The van der Waals surface area contributed by atoms with Crippen LogP contribution in [0.1, 0.15) is 37.9 Å². The summed E-state index contributed by atoms with van der Waals surface area (Å²) in [5, 5.41) is 16.1. The fourth-order valence-electron chi connectivity index (χ4n) is 4.18. The van der Waals surface area contributed by atoms with Crippen LogP contribution in [0.25, 0.3) is 0 Å². The van der Waals surface area contributed by atoms with E-state index in [1.165, 1.54) is 43.5 Å². The molecule has 0 unspecified atom stereocenters. The van der Waals surface area contributed by atoms with Gasteiger partial charge in [0.05, 0.1) is 4.92 Å². The number of nitro groups is 1. The van der Waals surface area contributed by atoms with Crippen LogP contribution in [-0.4, -0.2) is 96.9 Å². The molecular weight excluding hydrogens is 706 g/mol. The normalized spacial score (nSPS) is 18.3. The number of halogens is 1. The summed E-state index contributed by atoms with van der Waals surface area (Å²) < 4.78 is 38.7. The Bertz CT molecular complexity index is 1810. The first-order chi connectivity index (χ1) is 22.4. The number of oxime groups is 1. The number of anilines is 1. The third-order valence-electron chi connectivity index (χ3n) is 6.62. The van der Waals surface area contributed by atoms with E-state index in [0.29, 0.717) is 15.5 Å². The first-order valence-corrected chi connectivity index (χ1v) is 16.3. The number of hydrazine groups is 1. The van der Waals surface area contributed by atoms with E-state index in [1.807, 2.05) is 5.43 Å². The molecular formula is C25H24ClN7O13S2. The molecule has 2 aliphatic heterocycles. The number of hydrogen-bond acceptors (Lipinski definition) is 15. The predicted molar refractivity (Wildman–Crippen MR) is 161 cm³/mol. The number of amides is 5. The Balaban J connectivity index is 1.59. The van der Waals surface area contributed by atoms with Crippen LogP contribution in [0.15, 0.2) is 34.8 Å². The molecule has 0 saturated carbocycles. The number of β-lactam (4-membered cyclic amide) rings is 1. The summed E-state index contributed by atoms with van der Waals surface area (Å²) >= 11 is 6.31. The number of likely N-dealkylation sites (tertiary alicyclic amines) is 1. The number of ether oxygens (including phenoxy) is 1. The highest BCUT2D eigenvalue weighted by atomic mass is 35.5. The summed E-state index contributed by atoms with van der Waals surface area (Å²) in [6, 6.07) is 5.14. The van der Waals surface area contributed by atoms with Gasteiger partial charge in [-0.2, -0.15) is 8.42 Å². The topological polar surface area (TPSA) is 274 Å². The molecule has 1 aromatic carbocycles. The quantitative estimate of drug-likeness (QED) is 0.0360. The van der Waals surface area contributed by atoms with Gasteiger partial charge in [0, 0.05) is 30.4 Å². The Kier molecular flexibility index (Phi) is 10.4. The van der Waals surface area contributed by atoms with Gasteiger partial charge in [-0.15, -0.1) is 22.9 Å². The summed E-state index contributed by atoms with van der Waals surface area (Å²) in [6.45, 7) is 2.11. The molecule has 256 valence electrons. The Morgan fingerprint density at radius 3 is 2.38 bits per heavy atom. The molecule has 48 heavy (non-hydrogen) atoms. The summed E-state index contributed by atoms with van der Waals surface area (Å²) in [6.07, 6.45) is -2.56. The van der Waals surface area contributed by atoms with Crippen molar-refractivity contribution in [3.05, 3.63) is 51.0 Å². The molecule has 2 aliphatic rings. The molecule has 0 bridgehead atoms. The molecule has 1 aromatic heterocycles. The standard InChI is InChI=1S/C25H24ClN7O13S2/c1-25(2,23(39)45-10-12-3-5-13(6-4-12)33(40)41)46-30-18(14-11-47-24(27-14)28-15(34)9-26)20(37)29-32-21(19(22(32)38)48(42,43)44)31-16(35)7-8-17(31)36/h3-6,11,19,21H,7-10H2,1-2H3,(H,29,37)(H,27,28,34)(H,42,43,44)/b30-18-/t19-,21-/m0/s1. The van der Waals surface area contributed by atoms with Gasteiger partial charge in [-0.3, -0.25) is 49.0 Å². The first kappa shape index (κ1) is 35.8. The van der Waals surface area contributed by atoms with Crippen LogP contribution < -0.4 is 10.7 Å². The Hall–Kier alpha value is -5.06. The lowest BCUT2D eigenvalue weighted by molar-refractivity contribution is -0.384. The van der Waals surface area contributed by atoms with Crippen molar-refractivity contribution in [3.8, 4) is 0 Å².